The van der Waals surface area contributed by atoms with Crippen molar-refractivity contribution >= 4 is 45.2 Å². The van der Waals surface area contributed by atoms with Gasteiger partial charge in [-0.25, -0.2) is 0 Å². The van der Waals surface area contributed by atoms with E-state index < -0.39 is 0 Å². The molecule has 0 heterocycles. The second kappa shape index (κ2) is 5.69. The first-order valence-electron chi connectivity index (χ1n) is 4.78. The predicted molar refractivity (Wildman–Crippen MR) is 84.3 cm³/mol. The first kappa shape index (κ1) is 11.9. The van der Waals surface area contributed by atoms with Gasteiger partial charge in [0.15, 0.2) is 0 Å². The Morgan fingerprint density at radius 2 is 1.44 bits per heavy atom. The van der Waals surface area contributed by atoms with Crippen molar-refractivity contribution in [3.05, 3.63) is 66.8 Å². The summed E-state index contributed by atoms with van der Waals surface area (Å²) in [5.74, 6) is 6.36. The van der Waals surface area contributed by atoms with Gasteiger partial charge in [-0.15, -0.1) is 0 Å². The summed E-state index contributed by atoms with van der Waals surface area (Å²) in [7, 11) is 0. The van der Waals surface area contributed by atoms with Gasteiger partial charge in [-0.05, 0) is 81.6 Å². The van der Waals surface area contributed by atoms with Crippen LogP contribution in [-0.4, -0.2) is 0 Å². The van der Waals surface area contributed by atoms with Crippen LogP contribution in [0.5, 0.6) is 0 Å². The minimum Gasteiger partial charge on any atom is -0.0616 e. The Bertz CT molecular complexity index is 545. The van der Waals surface area contributed by atoms with Crippen LogP contribution in [0.4, 0.5) is 0 Å². The van der Waals surface area contributed by atoms with Crippen LogP contribution in [0.15, 0.2) is 48.5 Å². The summed E-state index contributed by atoms with van der Waals surface area (Å²) >= 11 is 4.60. The fourth-order valence-electron chi connectivity index (χ4n) is 1.24. The summed E-state index contributed by atoms with van der Waals surface area (Å²) in [5, 5.41) is 0. The van der Waals surface area contributed by atoms with E-state index >= 15 is 0 Å². The molecule has 0 spiro atoms. The lowest BCUT2D eigenvalue weighted by Gasteiger charge is -1.94. The molecule has 0 aliphatic heterocycles. The highest BCUT2D eigenvalue weighted by Crippen LogP contribution is 2.10. The molecule has 0 N–H and O–H groups in total. The number of hydrogen-bond donors (Lipinski definition) is 0. The topological polar surface area (TPSA) is 0 Å². The molecule has 0 saturated heterocycles. The molecule has 0 unspecified atom stereocenters. The molecule has 0 saturated carbocycles. The molecule has 0 amide bonds. The summed E-state index contributed by atoms with van der Waals surface area (Å²) in [6.07, 6.45) is 0. The summed E-state index contributed by atoms with van der Waals surface area (Å²) in [4.78, 5) is 0. The average molecular weight is 430 g/mol. The molecule has 0 aliphatic carbocycles. The highest BCUT2D eigenvalue weighted by Gasteiger charge is 1.92. The Labute approximate surface area is 123 Å². The van der Waals surface area contributed by atoms with Gasteiger partial charge in [0.2, 0.25) is 0 Å². The molecular formula is C14H8I2. The first-order chi connectivity index (χ1) is 7.75. The third-order valence-electron chi connectivity index (χ3n) is 2.06. The maximum absolute atomic E-state index is 3.19. The lowest BCUT2D eigenvalue weighted by atomic mass is 10.2. The van der Waals surface area contributed by atoms with E-state index in [1.54, 1.807) is 0 Å². The van der Waals surface area contributed by atoms with Gasteiger partial charge in [0.25, 0.3) is 0 Å². The fraction of sp³-hybridized carbons (Fsp3) is 0. The lowest BCUT2D eigenvalue weighted by Crippen LogP contribution is -1.80. The molecule has 0 aromatic heterocycles. The zero-order valence-electron chi connectivity index (χ0n) is 8.37. The molecule has 16 heavy (non-hydrogen) atoms. The molecular weight excluding hydrogens is 422 g/mol. The molecule has 2 heteroatoms. The molecule has 0 aliphatic rings. The van der Waals surface area contributed by atoms with Gasteiger partial charge in [0, 0.05) is 18.3 Å². The molecule has 0 nitrogen and oxygen atoms in total. The van der Waals surface area contributed by atoms with Crippen LogP contribution in [0.3, 0.4) is 0 Å². The molecule has 0 bridgehead atoms. The fourth-order valence-corrected chi connectivity index (χ4v) is 2.12. The molecule has 2 aromatic carbocycles. The van der Waals surface area contributed by atoms with Crippen molar-refractivity contribution in [3.8, 4) is 11.8 Å². The second-order valence-corrected chi connectivity index (χ2v) is 5.64. The molecule has 0 fully saturated rings. The Morgan fingerprint density at radius 1 is 0.750 bits per heavy atom. The Kier molecular flexibility index (Phi) is 4.24. The van der Waals surface area contributed by atoms with Crippen molar-refractivity contribution in [1.82, 2.24) is 0 Å². The van der Waals surface area contributed by atoms with Gasteiger partial charge in [0.05, 0.1) is 0 Å². The maximum Gasteiger partial charge on any atom is 0.0382 e. The van der Waals surface area contributed by atoms with E-state index in [2.05, 4.69) is 75.2 Å². The Hall–Kier alpha value is -0.540. The highest BCUT2D eigenvalue weighted by molar-refractivity contribution is 14.1. The third kappa shape index (κ3) is 3.22. The monoisotopic (exact) mass is 430 g/mol. The van der Waals surface area contributed by atoms with Gasteiger partial charge in [-0.1, -0.05) is 24.0 Å². The normalized spacial score (nSPS) is 9.38. The second-order valence-electron chi connectivity index (χ2n) is 3.24. The van der Waals surface area contributed by atoms with Gasteiger partial charge in [-0.2, -0.15) is 0 Å². The van der Waals surface area contributed by atoms with Crippen molar-refractivity contribution in [2.24, 2.45) is 0 Å². The van der Waals surface area contributed by atoms with Crippen LogP contribution < -0.4 is 0 Å². The van der Waals surface area contributed by atoms with E-state index in [4.69, 9.17) is 0 Å². The van der Waals surface area contributed by atoms with Gasteiger partial charge in [0.1, 0.15) is 0 Å². The molecule has 2 rings (SSSR count). The SMILES string of the molecule is Ic1ccc(C#Cc2ccccc2I)cc1. The van der Waals surface area contributed by atoms with E-state index in [0.29, 0.717) is 0 Å². The number of hydrogen-bond acceptors (Lipinski definition) is 0. The summed E-state index contributed by atoms with van der Waals surface area (Å²) in [5.41, 5.74) is 2.14. The molecule has 2 aromatic rings. The average Bonchev–Trinajstić information content (AvgIpc) is 2.30. The van der Waals surface area contributed by atoms with E-state index in [1.807, 2.05) is 30.3 Å². The minimum atomic E-state index is 1.06. The van der Waals surface area contributed by atoms with Crippen molar-refractivity contribution < 1.29 is 0 Å². The standard InChI is InChI=1S/C14H8I2/c15-13-9-6-11(7-10-13)5-8-12-3-1-2-4-14(12)16/h1-4,6-7,9-10H. The molecule has 0 atom stereocenters. The summed E-state index contributed by atoms with van der Waals surface area (Å²) in [6, 6.07) is 16.4. The molecule has 78 valence electrons. The highest BCUT2D eigenvalue weighted by atomic mass is 127. The van der Waals surface area contributed by atoms with Crippen LogP contribution in [0.2, 0.25) is 0 Å². The van der Waals surface area contributed by atoms with E-state index in [0.717, 1.165) is 11.1 Å². The third-order valence-corrected chi connectivity index (χ3v) is 3.72. The van der Waals surface area contributed by atoms with Crippen LogP contribution in [0, 0.1) is 19.0 Å². The largest absolute Gasteiger partial charge is 0.0616 e. The lowest BCUT2D eigenvalue weighted by molar-refractivity contribution is 1.57. The van der Waals surface area contributed by atoms with Crippen LogP contribution in [0.25, 0.3) is 0 Å². The Morgan fingerprint density at radius 3 is 2.12 bits per heavy atom. The number of rotatable bonds is 0. The molecule has 0 radical (unpaired) electrons. The van der Waals surface area contributed by atoms with Gasteiger partial charge in [-0.3, -0.25) is 0 Å². The summed E-state index contributed by atoms with van der Waals surface area (Å²) < 4.78 is 2.43. The number of halogens is 2. The smallest absolute Gasteiger partial charge is 0.0382 e. The van der Waals surface area contributed by atoms with Crippen molar-refractivity contribution in [2.75, 3.05) is 0 Å². The van der Waals surface area contributed by atoms with E-state index in [-0.39, 0.29) is 0 Å². The van der Waals surface area contributed by atoms with Crippen molar-refractivity contribution in [3.63, 3.8) is 0 Å². The summed E-state index contributed by atoms with van der Waals surface area (Å²) in [6.45, 7) is 0. The minimum absolute atomic E-state index is 1.06. The predicted octanol–water partition coefficient (Wildman–Crippen LogP) is 4.30. The van der Waals surface area contributed by atoms with Crippen LogP contribution >= 0.6 is 45.2 Å². The number of benzene rings is 2. The van der Waals surface area contributed by atoms with Crippen LogP contribution in [-0.2, 0) is 0 Å². The van der Waals surface area contributed by atoms with Crippen molar-refractivity contribution in [1.29, 1.82) is 0 Å². The zero-order chi connectivity index (χ0) is 11.4. The first-order valence-corrected chi connectivity index (χ1v) is 6.93. The zero-order valence-corrected chi connectivity index (χ0v) is 12.7. The van der Waals surface area contributed by atoms with Crippen molar-refractivity contribution in [2.45, 2.75) is 0 Å². The quantitative estimate of drug-likeness (QED) is 0.432. The maximum atomic E-state index is 3.19. The van der Waals surface area contributed by atoms with Gasteiger partial charge >= 0.3 is 0 Å². The van der Waals surface area contributed by atoms with Gasteiger partial charge < -0.3 is 0 Å². The van der Waals surface area contributed by atoms with Crippen LogP contribution in [0.1, 0.15) is 11.1 Å². The van der Waals surface area contributed by atoms with E-state index in [1.165, 1.54) is 7.14 Å². The van der Waals surface area contributed by atoms with E-state index in [9.17, 15) is 0 Å². The Balaban J connectivity index is 2.29.